The molecule has 2 atom stereocenters. The van der Waals surface area contributed by atoms with E-state index in [4.69, 9.17) is 24.9 Å². The molecule has 0 spiro atoms. The van der Waals surface area contributed by atoms with Gasteiger partial charge in [0.15, 0.2) is 23.9 Å². The topological polar surface area (TPSA) is 121 Å². The summed E-state index contributed by atoms with van der Waals surface area (Å²) in [6, 6.07) is 5.54. The van der Waals surface area contributed by atoms with Gasteiger partial charge in [0.25, 0.3) is 11.5 Å². The zero-order valence-electron chi connectivity index (χ0n) is 18.6. The fraction of sp³-hybridized carbons (Fsp3) is 0.500. The summed E-state index contributed by atoms with van der Waals surface area (Å²) in [5.74, 6) is 0.961. The average Bonchev–Trinajstić information content (AvgIpc) is 3.07. The normalized spacial score (nSPS) is 22.1. The van der Waals surface area contributed by atoms with Gasteiger partial charge in [0, 0.05) is 6.61 Å². The van der Waals surface area contributed by atoms with Crippen LogP contribution in [-0.4, -0.2) is 46.7 Å². The zero-order valence-corrected chi connectivity index (χ0v) is 19.5. The Morgan fingerprint density at radius 2 is 2.19 bits per heavy atom. The van der Waals surface area contributed by atoms with Gasteiger partial charge in [0.1, 0.15) is 0 Å². The summed E-state index contributed by atoms with van der Waals surface area (Å²) < 4.78 is 18.7. The average molecular weight is 461 g/mol. The van der Waals surface area contributed by atoms with Crippen LogP contribution in [0.1, 0.15) is 56.0 Å². The number of nitrogens with two attached hydrogens (primary N) is 1. The minimum atomic E-state index is -0.581. The third kappa shape index (κ3) is 4.42. The number of carbonyl (C=O) groups excluding carboxylic acids is 1. The van der Waals surface area contributed by atoms with Gasteiger partial charge in [0.2, 0.25) is 0 Å². The number of carbonyl (C=O) groups is 1. The molecule has 1 fully saturated rings. The number of fused-ring (bicyclic) bond motifs is 1. The Labute approximate surface area is 190 Å². The van der Waals surface area contributed by atoms with Crippen molar-refractivity contribution in [3.8, 4) is 11.5 Å². The number of aromatic amines is 1. The van der Waals surface area contributed by atoms with Crippen molar-refractivity contribution >= 4 is 28.5 Å². The van der Waals surface area contributed by atoms with E-state index < -0.39 is 5.91 Å². The molecule has 3 heterocycles. The number of rotatable bonds is 6. The van der Waals surface area contributed by atoms with Gasteiger partial charge >= 0.3 is 0 Å². The van der Waals surface area contributed by atoms with Crippen molar-refractivity contribution in [2.45, 2.75) is 50.5 Å². The molecule has 0 radical (unpaired) electrons. The van der Waals surface area contributed by atoms with Crippen LogP contribution in [0, 0.1) is 0 Å². The number of H-pyrrole nitrogens is 1. The minimum Gasteiger partial charge on any atom is -0.493 e. The van der Waals surface area contributed by atoms with E-state index in [9.17, 15) is 9.59 Å². The second-order valence-corrected chi connectivity index (χ2v) is 9.89. The molecular weight excluding hydrogens is 432 g/mol. The van der Waals surface area contributed by atoms with Crippen molar-refractivity contribution < 1.29 is 19.0 Å². The lowest BCUT2D eigenvalue weighted by atomic mass is 9.94. The summed E-state index contributed by atoms with van der Waals surface area (Å²) in [5, 5.41) is 3.61. The van der Waals surface area contributed by atoms with E-state index in [1.165, 1.54) is 18.9 Å². The maximum atomic E-state index is 13.1. The van der Waals surface area contributed by atoms with Crippen LogP contribution in [0.3, 0.4) is 0 Å². The highest BCUT2D eigenvalue weighted by molar-refractivity contribution is 8.14. The number of nitrogens with zero attached hydrogens (tertiary/aromatic N) is 2. The number of methoxy groups -OCH3 is 1. The first-order valence-corrected chi connectivity index (χ1v) is 11.4. The van der Waals surface area contributed by atoms with Crippen molar-refractivity contribution in [3.05, 3.63) is 39.7 Å². The van der Waals surface area contributed by atoms with E-state index in [0.29, 0.717) is 29.5 Å². The molecule has 172 valence electrons. The molecular formula is C22H28N4O5S. The molecule has 0 bridgehead atoms. The molecule has 2 aliphatic rings. The van der Waals surface area contributed by atoms with Gasteiger partial charge < -0.3 is 19.9 Å². The number of hydrogen-bond donors (Lipinski definition) is 2. The number of amides is 1. The number of aromatic nitrogens is 2. The summed E-state index contributed by atoms with van der Waals surface area (Å²) in [6.07, 6.45) is 1.59. The van der Waals surface area contributed by atoms with E-state index in [-0.39, 0.29) is 29.1 Å². The second kappa shape index (κ2) is 8.67. The highest BCUT2D eigenvalue weighted by Gasteiger charge is 2.36. The third-order valence-electron chi connectivity index (χ3n) is 5.65. The molecule has 1 amide bonds. The quantitative estimate of drug-likeness (QED) is 0.683. The molecule has 0 saturated carbocycles. The number of aliphatic imine (C=N–C) groups is 1. The molecule has 1 saturated heterocycles. The summed E-state index contributed by atoms with van der Waals surface area (Å²) in [4.78, 5) is 29.0. The molecule has 1 aromatic heterocycles. The molecule has 10 heteroatoms. The third-order valence-corrected chi connectivity index (χ3v) is 6.82. The number of thioether (sulfide) groups is 1. The van der Waals surface area contributed by atoms with Crippen molar-refractivity contribution in [2.75, 3.05) is 20.3 Å². The van der Waals surface area contributed by atoms with Crippen LogP contribution in [0.25, 0.3) is 0 Å². The SMILES string of the molecule is COc1ccc([C@@H]2SC(C)=Nc3c2c(=O)[nH]n3[C@H]2CCOC(C)(C)C2)cc1OCC(N)=O. The standard InChI is InChI=1S/C22H28N4O5S/c1-12-24-20-18(21(28)25-26(20)14-7-8-31-22(2,3)10-14)19(32-12)13-5-6-15(29-4)16(9-13)30-11-17(23)27/h5-6,9,14,19H,7-8,10-11H2,1-4H3,(H2,23,27)(H,25,28)/t14-,19-/m0/s1. The predicted octanol–water partition coefficient (Wildman–Crippen LogP) is 3.07. The number of ether oxygens (including phenoxy) is 3. The van der Waals surface area contributed by atoms with Crippen LogP contribution < -0.4 is 20.8 Å². The van der Waals surface area contributed by atoms with Gasteiger partial charge in [-0.1, -0.05) is 17.8 Å². The summed E-state index contributed by atoms with van der Waals surface area (Å²) in [6.45, 7) is 6.42. The monoisotopic (exact) mass is 460 g/mol. The number of benzene rings is 1. The first-order chi connectivity index (χ1) is 15.2. The molecule has 2 aliphatic heterocycles. The number of nitrogens with one attached hydrogen (secondary N) is 1. The van der Waals surface area contributed by atoms with Crippen molar-refractivity contribution in [1.29, 1.82) is 0 Å². The lowest BCUT2D eigenvalue weighted by molar-refractivity contribution is -0.119. The minimum absolute atomic E-state index is 0.0980. The molecule has 1 aromatic carbocycles. The van der Waals surface area contributed by atoms with Gasteiger partial charge in [-0.05, 0) is 51.3 Å². The summed E-state index contributed by atoms with van der Waals surface area (Å²) in [7, 11) is 1.52. The Balaban J connectivity index is 1.74. The molecule has 0 aliphatic carbocycles. The lowest BCUT2D eigenvalue weighted by Gasteiger charge is -2.36. The number of primary amides is 1. The Hall–Kier alpha value is -2.72. The van der Waals surface area contributed by atoms with Crippen LogP contribution in [-0.2, 0) is 9.53 Å². The summed E-state index contributed by atoms with van der Waals surface area (Å²) >= 11 is 1.51. The lowest BCUT2D eigenvalue weighted by Crippen LogP contribution is -2.35. The van der Waals surface area contributed by atoms with E-state index in [0.717, 1.165) is 23.4 Å². The largest absolute Gasteiger partial charge is 0.493 e. The van der Waals surface area contributed by atoms with Crippen molar-refractivity contribution in [3.63, 3.8) is 0 Å². The zero-order chi connectivity index (χ0) is 23.0. The molecule has 9 nitrogen and oxygen atoms in total. The first-order valence-electron chi connectivity index (χ1n) is 10.5. The first kappa shape index (κ1) is 22.5. The molecule has 4 rings (SSSR count). The van der Waals surface area contributed by atoms with E-state index in [1.807, 2.05) is 17.7 Å². The van der Waals surface area contributed by atoms with Crippen LogP contribution in [0.4, 0.5) is 5.82 Å². The van der Waals surface area contributed by atoms with Gasteiger partial charge in [-0.15, -0.1) is 0 Å². The van der Waals surface area contributed by atoms with Gasteiger partial charge in [-0.25, -0.2) is 4.99 Å². The van der Waals surface area contributed by atoms with Gasteiger partial charge in [-0.3, -0.25) is 19.4 Å². The maximum absolute atomic E-state index is 13.1. The molecule has 0 unspecified atom stereocenters. The van der Waals surface area contributed by atoms with Crippen LogP contribution in [0.15, 0.2) is 28.0 Å². The molecule has 3 N–H and O–H groups in total. The fourth-order valence-electron chi connectivity index (χ4n) is 4.25. The number of hydrogen-bond acceptors (Lipinski definition) is 7. The van der Waals surface area contributed by atoms with E-state index in [1.54, 1.807) is 12.1 Å². The Kier molecular flexibility index (Phi) is 6.09. The van der Waals surface area contributed by atoms with Crippen molar-refractivity contribution in [2.24, 2.45) is 10.7 Å². The van der Waals surface area contributed by atoms with Gasteiger partial charge in [0.05, 0.1) is 34.6 Å². The highest BCUT2D eigenvalue weighted by atomic mass is 32.2. The fourth-order valence-corrected chi connectivity index (χ4v) is 5.34. The summed E-state index contributed by atoms with van der Waals surface area (Å²) in [5.41, 5.74) is 6.26. The highest BCUT2D eigenvalue weighted by Crippen LogP contribution is 2.46. The Morgan fingerprint density at radius 3 is 2.88 bits per heavy atom. The van der Waals surface area contributed by atoms with E-state index in [2.05, 4.69) is 18.9 Å². The maximum Gasteiger partial charge on any atom is 0.271 e. The Morgan fingerprint density at radius 1 is 1.41 bits per heavy atom. The van der Waals surface area contributed by atoms with Gasteiger partial charge in [-0.2, -0.15) is 0 Å². The molecule has 2 aromatic rings. The second-order valence-electron chi connectivity index (χ2n) is 8.60. The van der Waals surface area contributed by atoms with Crippen molar-refractivity contribution in [1.82, 2.24) is 9.78 Å². The molecule has 32 heavy (non-hydrogen) atoms. The Bertz CT molecular complexity index is 1120. The van der Waals surface area contributed by atoms with Crippen LogP contribution in [0.2, 0.25) is 0 Å². The predicted molar refractivity (Wildman–Crippen MR) is 123 cm³/mol. The van der Waals surface area contributed by atoms with Crippen LogP contribution >= 0.6 is 11.8 Å². The smallest absolute Gasteiger partial charge is 0.271 e. The van der Waals surface area contributed by atoms with E-state index >= 15 is 0 Å². The van der Waals surface area contributed by atoms with Crippen LogP contribution in [0.5, 0.6) is 11.5 Å².